The van der Waals surface area contributed by atoms with E-state index in [1.165, 1.54) is 47.2 Å². The molecule has 1 aromatic carbocycles. The molecule has 1 N–H and O–H groups in total. The Labute approximate surface area is 142 Å². The maximum absolute atomic E-state index is 13.5. The number of fused-ring (bicyclic) bond motifs is 3. The Kier molecular flexibility index (Phi) is 3.95. The fourth-order valence-corrected chi connectivity index (χ4v) is 4.71. The predicted octanol–water partition coefficient (Wildman–Crippen LogP) is 5.17. The molecule has 0 unspecified atom stereocenters. The van der Waals surface area contributed by atoms with E-state index in [0.29, 0.717) is 5.69 Å². The molecule has 23 heavy (non-hydrogen) atoms. The Hall–Kier alpha value is -1.66. The summed E-state index contributed by atoms with van der Waals surface area (Å²) in [6, 6.07) is 6.50. The van der Waals surface area contributed by atoms with Crippen molar-refractivity contribution in [3.05, 3.63) is 40.5 Å². The van der Waals surface area contributed by atoms with Crippen LogP contribution in [0, 0.1) is 5.82 Å². The monoisotopic (exact) mass is 345 g/mol. The predicted molar refractivity (Wildman–Crippen MR) is 95.5 cm³/mol. The molecular weight excluding hydrogens is 329 g/mol. The van der Waals surface area contributed by atoms with Crippen LogP contribution in [0.25, 0.3) is 10.2 Å². The molecule has 0 spiro atoms. The minimum Gasteiger partial charge on any atom is -0.339 e. The van der Waals surface area contributed by atoms with E-state index < -0.39 is 0 Å². The van der Waals surface area contributed by atoms with Crippen molar-refractivity contribution in [3.63, 3.8) is 0 Å². The first kappa shape index (κ1) is 14.9. The molecule has 3 nitrogen and oxygen atoms in total. The van der Waals surface area contributed by atoms with E-state index in [4.69, 9.17) is 0 Å². The number of nitrogens with one attached hydrogen (secondary N) is 1. The summed E-state index contributed by atoms with van der Waals surface area (Å²) >= 11 is 3.31. The number of thioether (sulfide) groups is 1. The molecule has 0 fully saturated rings. The molecule has 0 atom stereocenters. The lowest BCUT2D eigenvalue weighted by atomic mass is 9.97. The standard InChI is InChI=1S/C17H16FN3S2/c1-22-17-20-15(19-11-6-4-5-10(18)9-11)14-12-7-2-3-8-13(12)23-16(14)21-17/h4-6,9H,2-3,7-8H2,1H3,(H,19,20,21). The topological polar surface area (TPSA) is 37.8 Å². The van der Waals surface area contributed by atoms with Crippen LogP contribution in [0.3, 0.4) is 0 Å². The lowest BCUT2D eigenvalue weighted by Gasteiger charge is -2.13. The summed E-state index contributed by atoms with van der Waals surface area (Å²) < 4.78 is 13.5. The fourth-order valence-electron chi connectivity index (χ4n) is 3.02. The average molecular weight is 345 g/mol. The highest BCUT2D eigenvalue weighted by Crippen LogP contribution is 2.40. The molecule has 0 bridgehead atoms. The van der Waals surface area contributed by atoms with E-state index >= 15 is 0 Å². The number of hydrogen-bond donors (Lipinski definition) is 1. The van der Waals surface area contributed by atoms with Gasteiger partial charge in [0.25, 0.3) is 0 Å². The molecule has 3 aromatic rings. The second kappa shape index (κ2) is 6.09. The van der Waals surface area contributed by atoms with Gasteiger partial charge in [0.2, 0.25) is 0 Å². The number of anilines is 2. The number of halogens is 1. The van der Waals surface area contributed by atoms with Crippen LogP contribution in [0.1, 0.15) is 23.3 Å². The summed E-state index contributed by atoms with van der Waals surface area (Å²) in [5, 5.41) is 5.16. The molecule has 0 saturated heterocycles. The highest BCUT2D eigenvalue weighted by atomic mass is 32.2. The summed E-state index contributed by atoms with van der Waals surface area (Å²) in [5.41, 5.74) is 2.09. The molecule has 2 heterocycles. The molecule has 0 saturated carbocycles. The van der Waals surface area contributed by atoms with Crippen LogP contribution >= 0.6 is 23.1 Å². The minimum atomic E-state index is -0.252. The lowest BCUT2D eigenvalue weighted by molar-refractivity contribution is 0.628. The smallest absolute Gasteiger partial charge is 0.190 e. The van der Waals surface area contributed by atoms with Gasteiger partial charge in [0.15, 0.2) is 5.16 Å². The van der Waals surface area contributed by atoms with Crippen molar-refractivity contribution in [1.29, 1.82) is 0 Å². The van der Waals surface area contributed by atoms with Gasteiger partial charge >= 0.3 is 0 Å². The van der Waals surface area contributed by atoms with Crippen LogP contribution in [-0.2, 0) is 12.8 Å². The van der Waals surface area contributed by atoms with Gasteiger partial charge in [-0.3, -0.25) is 0 Å². The lowest BCUT2D eigenvalue weighted by Crippen LogP contribution is -2.02. The number of aryl methyl sites for hydroxylation is 2. The number of thiophene rings is 1. The Morgan fingerprint density at radius 1 is 1.22 bits per heavy atom. The molecule has 0 radical (unpaired) electrons. The molecule has 0 aliphatic heterocycles. The molecular formula is C17H16FN3S2. The maximum Gasteiger partial charge on any atom is 0.190 e. The Morgan fingerprint density at radius 2 is 2.09 bits per heavy atom. The van der Waals surface area contributed by atoms with Gasteiger partial charge in [0, 0.05) is 10.6 Å². The Morgan fingerprint density at radius 3 is 2.91 bits per heavy atom. The van der Waals surface area contributed by atoms with Crippen molar-refractivity contribution in [2.45, 2.75) is 30.8 Å². The van der Waals surface area contributed by atoms with Gasteiger partial charge in [-0.15, -0.1) is 11.3 Å². The molecule has 0 amide bonds. The van der Waals surface area contributed by atoms with Gasteiger partial charge in [-0.25, -0.2) is 14.4 Å². The van der Waals surface area contributed by atoms with E-state index in [2.05, 4.69) is 15.3 Å². The van der Waals surface area contributed by atoms with Crippen molar-refractivity contribution in [2.75, 3.05) is 11.6 Å². The van der Waals surface area contributed by atoms with Gasteiger partial charge in [-0.05, 0) is 55.7 Å². The van der Waals surface area contributed by atoms with E-state index in [1.807, 2.05) is 12.3 Å². The van der Waals surface area contributed by atoms with Crippen molar-refractivity contribution >= 4 is 44.8 Å². The first-order valence-corrected chi connectivity index (χ1v) is 9.67. The highest BCUT2D eigenvalue weighted by molar-refractivity contribution is 7.98. The number of nitrogens with zero attached hydrogens (tertiary/aromatic N) is 2. The summed E-state index contributed by atoms with van der Waals surface area (Å²) in [6.45, 7) is 0. The SMILES string of the molecule is CSc1nc(Nc2cccc(F)c2)c2c3c(sc2n1)CCCC3. The van der Waals surface area contributed by atoms with Crippen LogP contribution in [0.15, 0.2) is 29.4 Å². The number of hydrogen-bond acceptors (Lipinski definition) is 5. The zero-order valence-corrected chi connectivity index (χ0v) is 14.4. The molecule has 6 heteroatoms. The molecule has 1 aliphatic rings. The van der Waals surface area contributed by atoms with Gasteiger partial charge in [-0.2, -0.15) is 0 Å². The minimum absolute atomic E-state index is 0.252. The van der Waals surface area contributed by atoms with Gasteiger partial charge in [-0.1, -0.05) is 17.8 Å². The number of aromatic nitrogens is 2. The third-order valence-electron chi connectivity index (χ3n) is 4.06. The molecule has 118 valence electrons. The first-order chi connectivity index (χ1) is 11.2. The van der Waals surface area contributed by atoms with Gasteiger partial charge < -0.3 is 5.32 Å². The zero-order valence-electron chi connectivity index (χ0n) is 12.7. The number of benzene rings is 1. The maximum atomic E-state index is 13.5. The van der Waals surface area contributed by atoms with Crippen molar-refractivity contribution in [2.24, 2.45) is 0 Å². The average Bonchev–Trinajstić information content (AvgIpc) is 2.93. The summed E-state index contributed by atoms with van der Waals surface area (Å²) in [7, 11) is 0. The van der Waals surface area contributed by atoms with E-state index in [-0.39, 0.29) is 5.82 Å². The third kappa shape index (κ3) is 2.81. The molecule has 2 aromatic heterocycles. The van der Waals surface area contributed by atoms with Crippen LogP contribution in [-0.4, -0.2) is 16.2 Å². The first-order valence-electron chi connectivity index (χ1n) is 7.63. The quantitative estimate of drug-likeness (QED) is 0.525. The molecule has 4 rings (SSSR count). The largest absolute Gasteiger partial charge is 0.339 e. The van der Waals surface area contributed by atoms with E-state index in [9.17, 15) is 4.39 Å². The fraction of sp³-hybridized carbons (Fsp3) is 0.294. The normalized spacial score (nSPS) is 14.0. The van der Waals surface area contributed by atoms with Crippen molar-refractivity contribution < 1.29 is 4.39 Å². The molecule has 1 aliphatic carbocycles. The van der Waals surface area contributed by atoms with Crippen LogP contribution in [0.2, 0.25) is 0 Å². The second-order valence-electron chi connectivity index (χ2n) is 5.59. The Bertz CT molecular complexity index is 876. The third-order valence-corrected chi connectivity index (χ3v) is 5.80. The zero-order chi connectivity index (χ0) is 15.8. The van der Waals surface area contributed by atoms with Crippen LogP contribution in [0.5, 0.6) is 0 Å². The summed E-state index contributed by atoms with van der Waals surface area (Å²) in [6.07, 6.45) is 6.64. The van der Waals surface area contributed by atoms with Gasteiger partial charge in [0.05, 0.1) is 5.39 Å². The Balaban J connectivity index is 1.87. The summed E-state index contributed by atoms with van der Waals surface area (Å²) in [5.74, 6) is 0.544. The van der Waals surface area contributed by atoms with Gasteiger partial charge in [0.1, 0.15) is 16.5 Å². The van der Waals surface area contributed by atoms with Crippen molar-refractivity contribution in [1.82, 2.24) is 9.97 Å². The van der Waals surface area contributed by atoms with E-state index in [1.54, 1.807) is 17.4 Å². The summed E-state index contributed by atoms with van der Waals surface area (Å²) in [4.78, 5) is 11.8. The highest BCUT2D eigenvalue weighted by Gasteiger charge is 2.21. The number of rotatable bonds is 3. The van der Waals surface area contributed by atoms with Crippen molar-refractivity contribution in [3.8, 4) is 0 Å². The van der Waals surface area contributed by atoms with Crippen LogP contribution in [0.4, 0.5) is 15.9 Å². The van der Waals surface area contributed by atoms with Crippen LogP contribution < -0.4 is 5.32 Å². The van der Waals surface area contributed by atoms with E-state index in [0.717, 1.165) is 34.0 Å². The second-order valence-corrected chi connectivity index (χ2v) is 7.44.